The van der Waals surface area contributed by atoms with Gasteiger partial charge in [-0.3, -0.25) is 0 Å². The maximum atomic E-state index is 13.3. The summed E-state index contributed by atoms with van der Waals surface area (Å²) in [5.74, 6) is -0.129. The van der Waals surface area contributed by atoms with Crippen molar-refractivity contribution in [3.63, 3.8) is 0 Å². The fourth-order valence-corrected chi connectivity index (χ4v) is 2.48. The standard InChI is InChI=1S/C14H21FN2/c15-13-6-7-14(17-9-3-4-10-17)12(11-13)5-1-2-8-16/h6-7,11H,1-5,8-10,16H2. The van der Waals surface area contributed by atoms with E-state index in [-0.39, 0.29) is 5.82 Å². The van der Waals surface area contributed by atoms with Crippen LogP contribution in [-0.2, 0) is 6.42 Å². The van der Waals surface area contributed by atoms with Crippen molar-refractivity contribution in [2.24, 2.45) is 5.73 Å². The molecule has 0 radical (unpaired) electrons. The third-order valence-electron chi connectivity index (χ3n) is 3.39. The second-order valence-electron chi connectivity index (χ2n) is 4.71. The predicted octanol–water partition coefficient (Wildman–Crippen LogP) is 2.71. The van der Waals surface area contributed by atoms with E-state index in [0.717, 1.165) is 37.9 Å². The topological polar surface area (TPSA) is 29.3 Å². The Balaban J connectivity index is 2.12. The highest BCUT2D eigenvalue weighted by Crippen LogP contribution is 2.26. The average molecular weight is 236 g/mol. The highest BCUT2D eigenvalue weighted by Gasteiger charge is 2.15. The zero-order valence-corrected chi connectivity index (χ0v) is 10.3. The molecule has 94 valence electrons. The van der Waals surface area contributed by atoms with Gasteiger partial charge in [-0.2, -0.15) is 0 Å². The number of hydrogen-bond acceptors (Lipinski definition) is 2. The SMILES string of the molecule is NCCCCc1cc(F)ccc1N1CCCC1. The molecule has 0 bridgehead atoms. The number of anilines is 1. The molecule has 0 aliphatic carbocycles. The van der Waals surface area contributed by atoms with Crippen LogP contribution in [0.2, 0.25) is 0 Å². The summed E-state index contributed by atoms with van der Waals surface area (Å²) in [5, 5.41) is 0. The molecule has 1 aromatic rings. The molecule has 0 atom stereocenters. The van der Waals surface area contributed by atoms with Crippen molar-refractivity contribution in [1.82, 2.24) is 0 Å². The lowest BCUT2D eigenvalue weighted by Gasteiger charge is -2.21. The van der Waals surface area contributed by atoms with Gasteiger partial charge in [-0.25, -0.2) is 4.39 Å². The molecule has 2 nitrogen and oxygen atoms in total. The first-order valence-electron chi connectivity index (χ1n) is 6.54. The molecule has 17 heavy (non-hydrogen) atoms. The van der Waals surface area contributed by atoms with Crippen LogP contribution in [0.3, 0.4) is 0 Å². The Morgan fingerprint density at radius 2 is 1.94 bits per heavy atom. The normalized spacial score (nSPS) is 15.5. The molecular formula is C14H21FN2. The van der Waals surface area contributed by atoms with Crippen molar-refractivity contribution in [3.8, 4) is 0 Å². The van der Waals surface area contributed by atoms with E-state index in [9.17, 15) is 4.39 Å². The van der Waals surface area contributed by atoms with Gasteiger partial charge >= 0.3 is 0 Å². The number of nitrogens with two attached hydrogens (primary N) is 1. The van der Waals surface area contributed by atoms with Crippen LogP contribution in [0.5, 0.6) is 0 Å². The molecule has 2 rings (SSSR count). The van der Waals surface area contributed by atoms with E-state index in [1.807, 2.05) is 6.07 Å². The number of halogens is 1. The fourth-order valence-electron chi connectivity index (χ4n) is 2.48. The largest absolute Gasteiger partial charge is 0.371 e. The van der Waals surface area contributed by atoms with Gasteiger partial charge in [0.15, 0.2) is 0 Å². The first-order valence-corrected chi connectivity index (χ1v) is 6.54. The lowest BCUT2D eigenvalue weighted by molar-refractivity contribution is 0.623. The summed E-state index contributed by atoms with van der Waals surface area (Å²) in [4.78, 5) is 2.37. The molecule has 0 spiro atoms. The van der Waals surface area contributed by atoms with Crippen LogP contribution in [0.15, 0.2) is 18.2 Å². The number of rotatable bonds is 5. The molecule has 2 N–H and O–H groups in total. The van der Waals surface area contributed by atoms with Gasteiger partial charge < -0.3 is 10.6 Å². The Hall–Kier alpha value is -1.09. The molecule has 0 saturated carbocycles. The molecule has 1 aliphatic heterocycles. The molecule has 1 aliphatic rings. The van der Waals surface area contributed by atoms with Gasteiger partial charge in [0, 0.05) is 18.8 Å². The molecular weight excluding hydrogens is 215 g/mol. The molecule has 0 unspecified atom stereocenters. The molecule has 1 fully saturated rings. The third-order valence-corrected chi connectivity index (χ3v) is 3.39. The van der Waals surface area contributed by atoms with Gasteiger partial charge in [0.2, 0.25) is 0 Å². The first-order chi connectivity index (χ1) is 8.31. The van der Waals surface area contributed by atoms with Crippen LogP contribution in [0.1, 0.15) is 31.2 Å². The third kappa shape index (κ3) is 3.19. The van der Waals surface area contributed by atoms with Crippen LogP contribution in [-0.4, -0.2) is 19.6 Å². The van der Waals surface area contributed by atoms with E-state index < -0.39 is 0 Å². The number of hydrogen-bond donors (Lipinski definition) is 1. The number of unbranched alkanes of at least 4 members (excludes halogenated alkanes) is 1. The van der Waals surface area contributed by atoms with E-state index in [2.05, 4.69) is 4.90 Å². The van der Waals surface area contributed by atoms with Gasteiger partial charge in [0.25, 0.3) is 0 Å². The van der Waals surface area contributed by atoms with Crippen LogP contribution in [0.4, 0.5) is 10.1 Å². The van der Waals surface area contributed by atoms with E-state index in [1.54, 1.807) is 12.1 Å². The zero-order chi connectivity index (χ0) is 12.1. The Morgan fingerprint density at radius 1 is 1.18 bits per heavy atom. The second-order valence-corrected chi connectivity index (χ2v) is 4.71. The average Bonchev–Trinajstić information content (AvgIpc) is 2.83. The monoisotopic (exact) mass is 236 g/mol. The van der Waals surface area contributed by atoms with Crippen LogP contribution in [0.25, 0.3) is 0 Å². The summed E-state index contributed by atoms with van der Waals surface area (Å²) in [5.41, 5.74) is 7.86. The minimum absolute atomic E-state index is 0.129. The lowest BCUT2D eigenvalue weighted by Crippen LogP contribution is -2.19. The molecule has 3 heteroatoms. The summed E-state index contributed by atoms with van der Waals surface area (Å²) in [6, 6.07) is 5.18. The van der Waals surface area contributed by atoms with Crippen molar-refractivity contribution < 1.29 is 4.39 Å². The quantitative estimate of drug-likeness (QED) is 0.796. The van der Waals surface area contributed by atoms with E-state index in [0.29, 0.717) is 6.54 Å². The summed E-state index contributed by atoms with van der Waals surface area (Å²) >= 11 is 0. The van der Waals surface area contributed by atoms with Crippen molar-refractivity contribution >= 4 is 5.69 Å². The van der Waals surface area contributed by atoms with E-state index >= 15 is 0 Å². The summed E-state index contributed by atoms with van der Waals surface area (Å²) in [6.45, 7) is 2.93. The summed E-state index contributed by atoms with van der Waals surface area (Å²) in [7, 11) is 0. The van der Waals surface area contributed by atoms with Crippen molar-refractivity contribution in [1.29, 1.82) is 0 Å². The Labute approximate surface area is 103 Å². The summed E-state index contributed by atoms with van der Waals surface area (Å²) < 4.78 is 13.3. The van der Waals surface area contributed by atoms with Gasteiger partial charge in [-0.05, 0) is 62.4 Å². The summed E-state index contributed by atoms with van der Waals surface area (Å²) in [6.07, 6.45) is 5.48. The highest BCUT2D eigenvalue weighted by atomic mass is 19.1. The Morgan fingerprint density at radius 3 is 2.65 bits per heavy atom. The molecule has 1 aromatic carbocycles. The van der Waals surface area contributed by atoms with Crippen LogP contribution >= 0.6 is 0 Å². The molecule has 0 amide bonds. The highest BCUT2D eigenvalue weighted by molar-refractivity contribution is 5.54. The lowest BCUT2D eigenvalue weighted by atomic mass is 10.0. The van der Waals surface area contributed by atoms with Crippen molar-refractivity contribution in [2.45, 2.75) is 32.1 Å². The van der Waals surface area contributed by atoms with Gasteiger partial charge in [-0.15, -0.1) is 0 Å². The van der Waals surface area contributed by atoms with Crippen LogP contribution < -0.4 is 10.6 Å². The maximum Gasteiger partial charge on any atom is 0.123 e. The van der Waals surface area contributed by atoms with Gasteiger partial charge in [0.05, 0.1) is 0 Å². The number of benzene rings is 1. The van der Waals surface area contributed by atoms with Gasteiger partial charge in [-0.1, -0.05) is 0 Å². The fraction of sp³-hybridized carbons (Fsp3) is 0.571. The maximum absolute atomic E-state index is 13.3. The predicted molar refractivity (Wildman–Crippen MR) is 69.8 cm³/mol. The van der Waals surface area contributed by atoms with Crippen LogP contribution in [0, 0.1) is 5.82 Å². The molecule has 1 saturated heterocycles. The van der Waals surface area contributed by atoms with Crippen molar-refractivity contribution in [2.75, 3.05) is 24.5 Å². The number of nitrogens with zero attached hydrogens (tertiary/aromatic N) is 1. The smallest absolute Gasteiger partial charge is 0.123 e. The Kier molecular flexibility index (Phi) is 4.37. The van der Waals surface area contributed by atoms with E-state index in [1.165, 1.54) is 18.5 Å². The van der Waals surface area contributed by atoms with E-state index in [4.69, 9.17) is 5.73 Å². The van der Waals surface area contributed by atoms with Crippen molar-refractivity contribution in [3.05, 3.63) is 29.6 Å². The molecule has 0 aromatic heterocycles. The first kappa shape index (κ1) is 12.4. The van der Waals surface area contributed by atoms with Gasteiger partial charge in [0.1, 0.15) is 5.82 Å². The number of aryl methyl sites for hydroxylation is 1. The minimum Gasteiger partial charge on any atom is -0.371 e. The minimum atomic E-state index is -0.129. The molecule has 1 heterocycles. The zero-order valence-electron chi connectivity index (χ0n) is 10.3. The second kappa shape index (κ2) is 6.01. The Bertz CT molecular complexity index is 359.